The number of aliphatic imine (C=N–C) groups is 1. The SMILES string of the molecule is CCOC(=O)CN=CCN(CC)C(=O)/C(C#N)=C/c1cc(O)c(O)c(NO)c1. The van der Waals surface area contributed by atoms with Crippen molar-refractivity contribution in [2.24, 2.45) is 4.99 Å². The third-order valence-corrected chi connectivity index (χ3v) is 3.52. The molecule has 10 nitrogen and oxygen atoms in total. The summed E-state index contributed by atoms with van der Waals surface area (Å²) in [4.78, 5) is 29.0. The van der Waals surface area contributed by atoms with E-state index in [1.807, 2.05) is 0 Å². The van der Waals surface area contributed by atoms with Gasteiger partial charge in [-0.05, 0) is 37.6 Å². The molecule has 0 spiro atoms. The van der Waals surface area contributed by atoms with E-state index in [4.69, 9.17) is 9.94 Å². The summed E-state index contributed by atoms with van der Waals surface area (Å²) in [7, 11) is 0. The summed E-state index contributed by atoms with van der Waals surface area (Å²) in [6.07, 6.45) is 2.59. The molecule has 0 atom stereocenters. The van der Waals surface area contributed by atoms with Crippen LogP contribution < -0.4 is 5.48 Å². The molecular weight excluding hydrogens is 368 g/mol. The van der Waals surface area contributed by atoms with Crippen LogP contribution >= 0.6 is 0 Å². The molecule has 0 saturated carbocycles. The Morgan fingerprint density at radius 3 is 2.64 bits per heavy atom. The van der Waals surface area contributed by atoms with Gasteiger partial charge in [0.1, 0.15) is 23.9 Å². The number of anilines is 1. The highest BCUT2D eigenvalue weighted by Gasteiger charge is 2.17. The number of likely N-dealkylation sites (N-methyl/N-ethyl adjacent to an activating group) is 1. The maximum atomic E-state index is 12.6. The number of nitrogens with one attached hydrogen (secondary N) is 1. The van der Waals surface area contributed by atoms with Gasteiger partial charge in [-0.1, -0.05) is 0 Å². The van der Waals surface area contributed by atoms with Crippen molar-refractivity contribution < 1.29 is 29.7 Å². The van der Waals surface area contributed by atoms with Crippen molar-refractivity contribution >= 4 is 29.9 Å². The normalized spacial score (nSPS) is 11.1. The molecule has 4 N–H and O–H groups in total. The van der Waals surface area contributed by atoms with Gasteiger partial charge in [-0.2, -0.15) is 5.26 Å². The number of hydrogen-bond acceptors (Lipinski definition) is 9. The number of phenols is 2. The van der Waals surface area contributed by atoms with Gasteiger partial charge in [0, 0.05) is 12.8 Å². The quantitative estimate of drug-likeness (QED) is 0.123. The number of carbonyl (C=O) groups excluding carboxylic acids is 2. The van der Waals surface area contributed by atoms with Crippen LogP contribution in [0.3, 0.4) is 0 Å². The van der Waals surface area contributed by atoms with Gasteiger partial charge >= 0.3 is 5.97 Å². The second-order valence-corrected chi connectivity index (χ2v) is 5.39. The summed E-state index contributed by atoms with van der Waals surface area (Å²) in [5.74, 6) is -2.17. The van der Waals surface area contributed by atoms with Crippen molar-refractivity contribution in [2.45, 2.75) is 13.8 Å². The Labute approximate surface area is 161 Å². The lowest BCUT2D eigenvalue weighted by atomic mass is 10.1. The van der Waals surface area contributed by atoms with E-state index in [2.05, 4.69) is 4.99 Å². The van der Waals surface area contributed by atoms with E-state index in [9.17, 15) is 25.1 Å². The van der Waals surface area contributed by atoms with Gasteiger partial charge < -0.3 is 19.8 Å². The molecule has 0 aliphatic rings. The Morgan fingerprint density at radius 2 is 2.07 bits per heavy atom. The van der Waals surface area contributed by atoms with E-state index in [0.717, 1.165) is 6.07 Å². The van der Waals surface area contributed by atoms with E-state index in [0.29, 0.717) is 0 Å². The van der Waals surface area contributed by atoms with Crippen molar-refractivity contribution in [2.75, 3.05) is 31.7 Å². The number of amides is 1. The van der Waals surface area contributed by atoms with E-state index < -0.39 is 23.4 Å². The Balaban J connectivity index is 2.95. The lowest BCUT2D eigenvalue weighted by Crippen LogP contribution is -2.33. The molecule has 0 unspecified atom stereocenters. The maximum Gasteiger partial charge on any atom is 0.327 e. The summed E-state index contributed by atoms with van der Waals surface area (Å²) < 4.78 is 4.74. The first kappa shape index (κ1) is 22.5. The number of esters is 1. The first-order chi connectivity index (χ1) is 13.4. The molecule has 1 rings (SSSR count). The fourth-order valence-corrected chi connectivity index (χ4v) is 2.15. The molecule has 1 amide bonds. The minimum Gasteiger partial charge on any atom is -0.504 e. The monoisotopic (exact) mass is 390 g/mol. The summed E-state index contributed by atoms with van der Waals surface area (Å²) >= 11 is 0. The highest BCUT2D eigenvalue weighted by molar-refractivity contribution is 6.02. The second-order valence-electron chi connectivity index (χ2n) is 5.39. The van der Waals surface area contributed by atoms with Gasteiger partial charge in [0.25, 0.3) is 5.91 Å². The van der Waals surface area contributed by atoms with Gasteiger partial charge in [-0.25, -0.2) is 0 Å². The van der Waals surface area contributed by atoms with Gasteiger partial charge in [0.15, 0.2) is 11.5 Å². The van der Waals surface area contributed by atoms with E-state index in [-0.39, 0.29) is 43.1 Å². The summed E-state index contributed by atoms with van der Waals surface area (Å²) in [6.45, 7) is 3.86. The number of benzene rings is 1. The molecule has 1 aromatic rings. The van der Waals surface area contributed by atoms with Crippen LogP contribution in [0.15, 0.2) is 22.7 Å². The topological polar surface area (TPSA) is 155 Å². The first-order valence-corrected chi connectivity index (χ1v) is 8.38. The van der Waals surface area contributed by atoms with Crippen LogP contribution in [0.2, 0.25) is 0 Å². The zero-order valence-corrected chi connectivity index (χ0v) is 15.5. The minimum absolute atomic E-state index is 0.0814. The summed E-state index contributed by atoms with van der Waals surface area (Å²) in [6, 6.07) is 4.17. The lowest BCUT2D eigenvalue weighted by molar-refractivity contribution is -0.141. The molecule has 0 aliphatic carbocycles. The molecule has 0 bridgehead atoms. The van der Waals surface area contributed by atoms with Crippen molar-refractivity contribution in [3.05, 3.63) is 23.3 Å². The summed E-state index contributed by atoms with van der Waals surface area (Å²) in [5.41, 5.74) is 1.51. The van der Waals surface area contributed by atoms with Crippen molar-refractivity contribution in [1.82, 2.24) is 4.90 Å². The lowest BCUT2D eigenvalue weighted by Gasteiger charge is -2.18. The number of carbonyl (C=O) groups is 2. The Morgan fingerprint density at radius 1 is 1.36 bits per heavy atom. The zero-order chi connectivity index (χ0) is 21.1. The largest absolute Gasteiger partial charge is 0.504 e. The van der Waals surface area contributed by atoms with Crippen LogP contribution in [-0.4, -0.2) is 64.7 Å². The van der Waals surface area contributed by atoms with Crippen molar-refractivity contribution in [1.29, 1.82) is 5.26 Å². The predicted molar refractivity (Wildman–Crippen MR) is 101 cm³/mol. The van der Waals surface area contributed by atoms with E-state index in [1.54, 1.807) is 25.4 Å². The molecular formula is C18H22N4O6. The van der Waals surface area contributed by atoms with Gasteiger partial charge in [0.05, 0.1) is 13.2 Å². The average molecular weight is 390 g/mol. The van der Waals surface area contributed by atoms with Crippen LogP contribution in [0.25, 0.3) is 6.08 Å². The molecule has 1 aromatic carbocycles. The van der Waals surface area contributed by atoms with Crippen LogP contribution in [-0.2, 0) is 14.3 Å². The summed E-state index contributed by atoms with van der Waals surface area (Å²) in [5, 5.41) is 37.5. The van der Waals surface area contributed by atoms with E-state index >= 15 is 0 Å². The molecule has 0 heterocycles. The number of hydrogen-bond donors (Lipinski definition) is 4. The predicted octanol–water partition coefficient (Wildman–Crippen LogP) is 1.29. The van der Waals surface area contributed by atoms with Crippen LogP contribution in [0, 0.1) is 11.3 Å². The van der Waals surface area contributed by atoms with Crippen molar-refractivity contribution in [3.8, 4) is 17.6 Å². The highest BCUT2D eigenvalue weighted by atomic mass is 16.5. The van der Waals surface area contributed by atoms with Crippen LogP contribution in [0.5, 0.6) is 11.5 Å². The van der Waals surface area contributed by atoms with Crippen LogP contribution in [0.4, 0.5) is 5.69 Å². The Bertz CT molecular complexity index is 813. The molecule has 150 valence electrons. The maximum absolute atomic E-state index is 12.6. The third-order valence-electron chi connectivity index (χ3n) is 3.52. The first-order valence-electron chi connectivity index (χ1n) is 8.38. The molecule has 0 saturated heterocycles. The third kappa shape index (κ3) is 6.30. The molecule has 28 heavy (non-hydrogen) atoms. The second kappa shape index (κ2) is 11.2. The van der Waals surface area contributed by atoms with Crippen LogP contribution in [0.1, 0.15) is 19.4 Å². The molecule has 0 aliphatic heterocycles. The standard InChI is InChI=1S/C18H22N4O6/c1-3-22(6-5-20-11-16(24)28-4-2)18(26)13(10-19)7-12-8-14(21-27)17(25)15(23)9-12/h5,7-9,21,23,25,27H,3-4,6,11H2,1-2H3/b13-7+,20-5?. The fourth-order valence-electron chi connectivity index (χ4n) is 2.15. The number of aromatic hydroxyl groups is 2. The van der Waals surface area contributed by atoms with Gasteiger partial charge in [0.2, 0.25) is 0 Å². The smallest absolute Gasteiger partial charge is 0.327 e. The van der Waals surface area contributed by atoms with Gasteiger partial charge in [-0.3, -0.25) is 25.3 Å². The minimum atomic E-state index is -0.585. The zero-order valence-electron chi connectivity index (χ0n) is 15.5. The Kier molecular flexibility index (Phi) is 8.98. The number of nitrogens with zero attached hydrogens (tertiary/aromatic N) is 3. The van der Waals surface area contributed by atoms with Crippen molar-refractivity contribution in [3.63, 3.8) is 0 Å². The molecule has 0 radical (unpaired) electrons. The van der Waals surface area contributed by atoms with Gasteiger partial charge in [-0.15, -0.1) is 0 Å². The molecule has 0 fully saturated rings. The number of rotatable bonds is 9. The fraction of sp³-hybridized carbons (Fsp3) is 0.333. The number of nitriles is 1. The Hall–Kier alpha value is -3.58. The van der Waals surface area contributed by atoms with E-state index in [1.165, 1.54) is 23.3 Å². The molecule has 10 heteroatoms. The average Bonchev–Trinajstić information content (AvgIpc) is 2.68. The number of ether oxygens (including phenoxy) is 1. The molecule has 0 aromatic heterocycles. The number of phenolic OH excluding ortho intramolecular Hbond substituents is 2. The highest BCUT2D eigenvalue weighted by Crippen LogP contribution is 2.34.